The van der Waals surface area contributed by atoms with E-state index in [0.29, 0.717) is 0 Å². The first kappa shape index (κ1) is 14.7. The van der Waals surface area contributed by atoms with Gasteiger partial charge in [-0.2, -0.15) is 5.10 Å². The van der Waals surface area contributed by atoms with E-state index in [0.717, 1.165) is 50.5 Å². The molecule has 0 unspecified atom stereocenters. The summed E-state index contributed by atoms with van der Waals surface area (Å²) in [7, 11) is 0. The van der Waals surface area contributed by atoms with Crippen LogP contribution < -0.4 is 5.32 Å². The maximum Gasteiger partial charge on any atom is 0.160 e. The van der Waals surface area contributed by atoms with E-state index < -0.39 is 0 Å². The van der Waals surface area contributed by atoms with Crippen LogP contribution in [0.3, 0.4) is 0 Å². The highest BCUT2D eigenvalue weighted by Gasteiger charge is 2.15. The highest BCUT2D eigenvalue weighted by atomic mass is 15.3. The molecule has 0 fully saturated rings. The van der Waals surface area contributed by atoms with Crippen molar-refractivity contribution in [3.63, 3.8) is 0 Å². The van der Waals surface area contributed by atoms with E-state index in [1.807, 2.05) is 6.20 Å². The van der Waals surface area contributed by atoms with Gasteiger partial charge in [-0.05, 0) is 51.1 Å². The Morgan fingerprint density at radius 2 is 2.22 bits per heavy atom. The summed E-state index contributed by atoms with van der Waals surface area (Å²) in [6.07, 6.45) is 13.9. The normalized spacial score (nSPS) is 18.3. The van der Waals surface area contributed by atoms with Crippen molar-refractivity contribution in [1.29, 1.82) is 0 Å². The zero-order chi connectivity index (χ0) is 15.5. The van der Waals surface area contributed by atoms with Crippen LogP contribution in [0.1, 0.15) is 44.2 Å². The molecule has 122 valence electrons. The third-order valence-electron chi connectivity index (χ3n) is 4.90. The molecule has 0 bridgehead atoms. The molecule has 2 aromatic heterocycles. The largest absolute Gasteiger partial charge is 0.329 e. The molecule has 0 atom stereocenters. The van der Waals surface area contributed by atoms with Crippen molar-refractivity contribution in [3.05, 3.63) is 35.8 Å². The predicted octanol–water partition coefficient (Wildman–Crippen LogP) is 3.13. The highest BCUT2D eigenvalue weighted by molar-refractivity contribution is 5.50. The van der Waals surface area contributed by atoms with Crippen molar-refractivity contribution >= 4 is 0 Å². The number of aromatic nitrogens is 4. The standard InChI is InChI=1S/C18H25N5/c1-2-5-15(6-3-1)7-11-22-12-9-20-18(22)17-13-16-14-19-8-4-10-23(16)21-17/h5,9,12-13,19H,1-4,6-8,10-11,14H2. The molecule has 1 N–H and O–H groups in total. The Hall–Kier alpha value is -1.88. The number of nitrogens with one attached hydrogen (secondary N) is 1. The van der Waals surface area contributed by atoms with Crippen LogP contribution in [0.5, 0.6) is 0 Å². The topological polar surface area (TPSA) is 47.7 Å². The molecular weight excluding hydrogens is 286 g/mol. The van der Waals surface area contributed by atoms with E-state index >= 15 is 0 Å². The van der Waals surface area contributed by atoms with Crippen LogP contribution in [0.15, 0.2) is 30.1 Å². The van der Waals surface area contributed by atoms with Crippen LogP contribution in [-0.2, 0) is 19.6 Å². The van der Waals surface area contributed by atoms with Crippen LogP contribution in [0.4, 0.5) is 0 Å². The Kier molecular flexibility index (Phi) is 4.28. The van der Waals surface area contributed by atoms with Gasteiger partial charge in [-0.25, -0.2) is 4.98 Å². The van der Waals surface area contributed by atoms with E-state index in [1.165, 1.54) is 31.4 Å². The summed E-state index contributed by atoms with van der Waals surface area (Å²) in [6.45, 7) is 3.97. The monoisotopic (exact) mass is 311 g/mol. The molecule has 5 nitrogen and oxygen atoms in total. The van der Waals surface area contributed by atoms with Gasteiger partial charge >= 0.3 is 0 Å². The second-order valence-electron chi connectivity index (χ2n) is 6.58. The Morgan fingerprint density at radius 1 is 1.22 bits per heavy atom. The van der Waals surface area contributed by atoms with Crippen molar-refractivity contribution in [2.24, 2.45) is 0 Å². The van der Waals surface area contributed by atoms with E-state index in [-0.39, 0.29) is 0 Å². The number of imidazole rings is 1. The number of allylic oxidation sites excluding steroid dienone is 2. The third kappa shape index (κ3) is 3.24. The van der Waals surface area contributed by atoms with Crippen molar-refractivity contribution in [2.45, 2.75) is 58.2 Å². The van der Waals surface area contributed by atoms with Crippen LogP contribution in [0, 0.1) is 0 Å². The van der Waals surface area contributed by atoms with E-state index in [4.69, 9.17) is 5.10 Å². The Labute approximate surface area is 137 Å². The fourth-order valence-electron chi connectivity index (χ4n) is 3.59. The lowest BCUT2D eigenvalue weighted by atomic mass is 9.97. The van der Waals surface area contributed by atoms with Crippen LogP contribution in [0.25, 0.3) is 11.5 Å². The van der Waals surface area contributed by atoms with Gasteiger partial charge in [0, 0.05) is 32.0 Å². The summed E-state index contributed by atoms with van der Waals surface area (Å²) in [5.74, 6) is 1.00. The van der Waals surface area contributed by atoms with Gasteiger partial charge in [-0.3, -0.25) is 4.68 Å². The number of hydrogen-bond acceptors (Lipinski definition) is 3. The molecule has 23 heavy (non-hydrogen) atoms. The van der Waals surface area contributed by atoms with Gasteiger partial charge in [0.2, 0.25) is 0 Å². The first-order valence-corrected chi connectivity index (χ1v) is 8.87. The molecule has 2 aliphatic rings. The summed E-state index contributed by atoms with van der Waals surface area (Å²) in [5, 5.41) is 8.24. The van der Waals surface area contributed by atoms with E-state index in [9.17, 15) is 0 Å². The van der Waals surface area contributed by atoms with Gasteiger partial charge in [0.05, 0.1) is 5.69 Å². The second-order valence-corrected chi connectivity index (χ2v) is 6.58. The lowest BCUT2D eigenvalue weighted by molar-refractivity contribution is 0.586. The quantitative estimate of drug-likeness (QED) is 0.883. The summed E-state index contributed by atoms with van der Waals surface area (Å²) in [5.41, 5.74) is 3.88. The lowest BCUT2D eigenvalue weighted by Gasteiger charge is -2.13. The number of hydrogen-bond donors (Lipinski definition) is 1. The summed E-state index contributed by atoms with van der Waals surface area (Å²) >= 11 is 0. The predicted molar refractivity (Wildman–Crippen MR) is 90.9 cm³/mol. The SMILES string of the molecule is C1=C(CCn2ccnc2-c2cc3n(n2)CCCNC3)CCCC1. The number of nitrogens with zero attached hydrogens (tertiary/aromatic N) is 4. The second kappa shape index (κ2) is 6.71. The summed E-state index contributed by atoms with van der Waals surface area (Å²) < 4.78 is 4.39. The van der Waals surface area contributed by atoms with Crippen molar-refractivity contribution in [2.75, 3.05) is 6.54 Å². The fourth-order valence-corrected chi connectivity index (χ4v) is 3.59. The smallest absolute Gasteiger partial charge is 0.160 e. The highest BCUT2D eigenvalue weighted by Crippen LogP contribution is 2.23. The van der Waals surface area contributed by atoms with Gasteiger partial charge in [0.1, 0.15) is 5.69 Å². The molecule has 0 amide bonds. The van der Waals surface area contributed by atoms with Gasteiger partial charge in [0.15, 0.2) is 5.82 Å². The zero-order valence-electron chi connectivity index (χ0n) is 13.7. The maximum atomic E-state index is 4.79. The molecule has 5 heteroatoms. The summed E-state index contributed by atoms with van der Waals surface area (Å²) in [4.78, 5) is 4.56. The molecule has 1 aliphatic heterocycles. The average molecular weight is 311 g/mol. The minimum atomic E-state index is 0.903. The molecular formula is C18H25N5. The third-order valence-corrected chi connectivity index (χ3v) is 4.90. The van der Waals surface area contributed by atoms with Crippen LogP contribution in [0.2, 0.25) is 0 Å². The Bertz CT molecular complexity index is 671. The molecule has 4 rings (SSSR count). The van der Waals surface area contributed by atoms with E-state index in [2.05, 4.69) is 37.9 Å². The van der Waals surface area contributed by atoms with Crippen molar-refractivity contribution < 1.29 is 0 Å². The number of fused-ring (bicyclic) bond motifs is 1. The minimum absolute atomic E-state index is 0.903. The molecule has 0 saturated carbocycles. The summed E-state index contributed by atoms with van der Waals surface area (Å²) in [6, 6.07) is 2.19. The lowest BCUT2D eigenvalue weighted by Crippen LogP contribution is -2.11. The minimum Gasteiger partial charge on any atom is -0.329 e. The Morgan fingerprint density at radius 3 is 3.13 bits per heavy atom. The van der Waals surface area contributed by atoms with Crippen molar-refractivity contribution in [1.82, 2.24) is 24.6 Å². The van der Waals surface area contributed by atoms with Crippen LogP contribution >= 0.6 is 0 Å². The Balaban J connectivity index is 1.51. The van der Waals surface area contributed by atoms with E-state index in [1.54, 1.807) is 5.57 Å². The van der Waals surface area contributed by atoms with Gasteiger partial charge in [-0.1, -0.05) is 11.6 Å². The molecule has 0 spiro atoms. The molecule has 3 heterocycles. The number of aryl methyl sites for hydroxylation is 2. The fraction of sp³-hybridized carbons (Fsp3) is 0.556. The molecule has 2 aromatic rings. The van der Waals surface area contributed by atoms with Gasteiger partial charge in [0.25, 0.3) is 0 Å². The maximum absolute atomic E-state index is 4.79. The first-order valence-electron chi connectivity index (χ1n) is 8.87. The van der Waals surface area contributed by atoms with Crippen LogP contribution in [-0.4, -0.2) is 25.9 Å². The number of rotatable bonds is 4. The molecule has 0 saturated heterocycles. The average Bonchev–Trinajstić information content (AvgIpc) is 3.15. The zero-order valence-corrected chi connectivity index (χ0v) is 13.7. The first-order chi connectivity index (χ1) is 11.4. The van der Waals surface area contributed by atoms with Gasteiger partial charge < -0.3 is 9.88 Å². The molecule has 1 aliphatic carbocycles. The molecule has 0 radical (unpaired) electrons. The van der Waals surface area contributed by atoms with Gasteiger partial charge in [-0.15, -0.1) is 0 Å². The van der Waals surface area contributed by atoms with Crippen molar-refractivity contribution in [3.8, 4) is 11.5 Å². The molecule has 0 aromatic carbocycles.